The Morgan fingerprint density at radius 3 is 2.17 bits per heavy atom. The van der Waals surface area contributed by atoms with Crippen LogP contribution in [-0.4, -0.2) is 30.0 Å². The van der Waals surface area contributed by atoms with Gasteiger partial charge in [0.25, 0.3) is 5.91 Å². The van der Waals surface area contributed by atoms with E-state index < -0.39 is 17.4 Å². The molecule has 1 aliphatic heterocycles. The molecule has 0 aliphatic carbocycles. The molecule has 3 rings (SSSR count). The Morgan fingerprint density at radius 2 is 1.58 bits per heavy atom. The van der Waals surface area contributed by atoms with Crippen molar-refractivity contribution >= 4 is 12.0 Å². The molecule has 2 aromatic carbocycles. The van der Waals surface area contributed by atoms with Gasteiger partial charge in [-0.3, -0.25) is 4.79 Å². The summed E-state index contributed by atoms with van der Waals surface area (Å²) in [4.78, 5) is 36.3. The van der Waals surface area contributed by atoms with Crippen LogP contribution in [0, 0.1) is 4.91 Å². The van der Waals surface area contributed by atoms with E-state index >= 15 is 0 Å². The number of ether oxygens (including phenoxy) is 1. The van der Waals surface area contributed by atoms with Crippen LogP contribution in [0.1, 0.15) is 11.1 Å². The maximum Gasteiger partial charge on any atom is 0.410 e. The van der Waals surface area contributed by atoms with E-state index in [9.17, 15) is 14.5 Å². The minimum atomic E-state index is -1.06. The van der Waals surface area contributed by atoms with E-state index in [1.165, 1.54) is 4.90 Å². The first-order chi connectivity index (χ1) is 11.7. The van der Waals surface area contributed by atoms with Gasteiger partial charge in [-0.25, -0.2) is 4.79 Å². The number of hydrogen-bond donors (Lipinski definition) is 0. The number of benzene rings is 2. The summed E-state index contributed by atoms with van der Waals surface area (Å²) < 4.78 is 5.24. The molecule has 2 amide bonds. The van der Waals surface area contributed by atoms with Gasteiger partial charge in [-0.2, -0.15) is 0 Å². The van der Waals surface area contributed by atoms with Gasteiger partial charge in [-0.15, -0.1) is 4.91 Å². The number of amides is 2. The second-order valence-electron chi connectivity index (χ2n) is 5.74. The third kappa shape index (κ3) is 2.90. The molecule has 1 aliphatic rings. The van der Waals surface area contributed by atoms with Crippen LogP contribution in [0.3, 0.4) is 0 Å². The topological polar surface area (TPSA) is 76.0 Å². The second kappa shape index (κ2) is 6.62. The van der Waals surface area contributed by atoms with Crippen LogP contribution in [-0.2, 0) is 21.6 Å². The largest absolute Gasteiger partial charge is 0.445 e. The lowest BCUT2D eigenvalue weighted by Gasteiger charge is -2.46. The molecule has 1 heterocycles. The zero-order valence-electron chi connectivity index (χ0n) is 12.9. The lowest BCUT2D eigenvalue weighted by Crippen LogP contribution is -2.64. The molecule has 0 atom stereocenters. The molecule has 1 fully saturated rings. The Kier molecular flexibility index (Phi) is 4.37. The predicted molar refractivity (Wildman–Crippen MR) is 87.1 cm³/mol. The number of hydrogen-bond acceptors (Lipinski definition) is 4. The number of carbonyl (C=O) groups excluding carboxylic acids is 2. The van der Waals surface area contributed by atoms with E-state index in [4.69, 9.17) is 4.74 Å². The molecule has 0 aromatic heterocycles. The maximum absolute atomic E-state index is 12.1. The monoisotopic (exact) mass is 324 g/mol. The van der Waals surface area contributed by atoms with Gasteiger partial charge in [-0.1, -0.05) is 60.7 Å². The van der Waals surface area contributed by atoms with Gasteiger partial charge in [-0.05, 0) is 11.1 Å². The average molecular weight is 324 g/mol. The van der Waals surface area contributed by atoms with Crippen molar-refractivity contribution < 1.29 is 14.3 Å². The summed E-state index contributed by atoms with van der Waals surface area (Å²) in [5.41, 5.74) is 0.502. The molecule has 2 aromatic rings. The van der Waals surface area contributed by atoms with Crippen LogP contribution in [0.4, 0.5) is 4.79 Å². The first-order valence-electron chi connectivity index (χ1n) is 7.55. The van der Waals surface area contributed by atoms with Crippen LogP contribution < -0.4 is 0 Å². The minimum absolute atomic E-state index is 0.0925. The standard InChI is InChI=1S/C18H16N2O4/c21-16(19-23)18(15-9-5-2-6-10-15)12-20(13-18)17(22)24-11-14-7-3-1-4-8-14/h1-10H,11-13H2. The van der Waals surface area contributed by atoms with E-state index in [1.807, 2.05) is 36.4 Å². The average Bonchev–Trinajstić information content (AvgIpc) is 2.60. The Labute approximate surface area is 139 Å². The summed E-state index contributed by atoms with van der Waals surface area (Å²) in [5, 5.41) is 2.58. The summed E-state index contributed by atoms with van der Waals surface area (Å²) in [6.07, 6.45) is -0.510. The maximum atomic E-state index is 12.1. The Morgan fingerprint density at radius 1 is 1.00 bits per heavy atom. The van der Waals surface area contributed by atoms with Crippen molar-refractivity contribution in [2.45, 2.75) is 12.0 Å². The van der Waals surface area contributed by atoms with Crippen LogP contribution >= 0.6 is 0 Å². The molecule has 0 bridgehead atoms. The SMILES string of the molecule is O=NC(=O)C1(c2ccccc2)CN(C(=O)OCc2ccccc2)C1. The predicted octanol–water partition coefficient (Wildman–Crippen LogP) is 2.87. The normalized spacial score (nSPS) is 15.2. The minimum Gasteiger partial charge on any atom is -0.445 e. The number of nitrogens with zero attached hydrogens (tertiary/aromatic N) is 2. The van der Waals surface area contributed by atoms with E-state index in [0.717, 1.165) is 5.56 Å². The number of likely N-dealkylation sites (tertiary alicyclic amines) is 1. The van der Waals surface area contributed by atoms with Crippen LogP contribution in [0.25, 0.3) is 0 Å². The first kappa shape index (κ1) is 15.9. The number of nitroso groups, excluding NO2 is 1. The highest BCUT2D eigenvalue weighted by Gasteiger charge is 2.53. The van der Waals surface area contributed by atoms with Crippen molar-refractivity contribution in [3.8, 4) is 0 Å². The van der Waals surface area contributed by atoms with Crippen LogP contribution in [0.5, 0.6) is 0 Å². The molecule has 0 saturated carbocycles. The summed E-state index contributed by atoms with van der Waals surface area (Å²) >= 11 is 0. The van der Waals surface area contributed by atoms with Crippen molar-refractivity contribution in [2.75, 3.05) is 13.1 Å². The molecule has 0 N–H and O–H groups in total. The zero-order chi connectivity index (χ0) is 17.0. The molecule has 6 heteroatoms. The van der Waals surface area contributed by atoms with E-state index in [1.54, 1.807) is 24.3 Å². The van der Waals surface area contributed by atoms with Gasteiger partial charge < -0.3 is 9.64 Å². The smallest absolute Gasteiger partial charge is 0.410 e. The van der Waals surface area contributed by atoms with Crippen LogP contribution in [0.15, 0.2) is 65.8 Å². The Hall–Kier alpha value is -3.02. The Balaban J connectivity index is 1.65. The van der Waals surface area contributed by atoms with Gasteiger partial charge in [0.05, 0.1) is 0 Å². The quantitative estimate of drug-likeness (QED) is 0.810. The summed E-state index contributed by atoms with van der Waals surface area (Å²) in [5.74, 6) is -0.763. The lowest BCUT2D eigenvalue weighted by atomic mass is 9.73. The number of carbonyl (C=O) groups is 2. The molecule has 0 unspecified atom stereocenters. The van der Waals surface area contributed by atoms with Crippen molar-refractivity contribution in [1.29, 1.82) is 0 Å². The fourth-order valence-electron chi connectivity index (χ4n) is 2.83. The number of rotatable bonds is 4. The molecular formula is C18H16N2O4. The third-order valence-electron chi connectivity index (χ3n) is 4.20. The summed E-state index contributed by atoms with van der Waals surface area (Å²) in [7, 11) is 0. The molecule has 0 spiro atoms. The highest BCUT2D eigenvalue weighted by atomic mass is 16.6. The summed E-state index contributed by atoms with van der Waals surface area (Å²) in [6.45, 7) is 0.346. The highest BCUT2D eigenvalue weighted by Crippen LogP contribution is 2.36. The van der Waals surface area contributed by atoms with E-state index in [-0.39, 0.29) is 19.7 Å². The van der Waals surface area contributed by atoms with E-state index in [2.05, 4.69) is 5.18 Å². The van der Waals surface area contributed by atoms with Gasteiger partial charge in [0.2, 0.25) is 0 Å². The molecular weight excluding hydrogens is 308 g/mol. The van der Waals surface area contributed by atoms with Crippen molar-refractivity contribution in [3.05, 3.63) is 76.7 Å². The van der Waals surface area contributed by atoms with Crippen molar-refractivity contribution in [2.24, 2.45) is 5.18 Å². The second-order valence-corrected chi connectivity index (χ2v) is 5.74. The first-order valence-corrected chi connectivity index (χ1v) is 7.55. The van der Waals surface area contributed by atoms with Gasteiger partial charge in [0.15, 0.2) is 0 Å². The fourth-order valence-corrected chi connectivity index (χ4v) is 2.83. The van der Waals surface area contributed by atoms with Gasteiger partial charge in [0, 0.05) is 18.3 Å². The van der Waals surface area contributed by atoms with Gasteiger partial charge in [0.1, 0.15) is 12.0 Å². The van der Waals surface area contributed by atoms with E-state index in [0.29, 0.717) is 5.56 Å². The molecule has 24 heavy (non-hydrogen) atoms. The zero-order valence-corrected chi connectivity index (χ0v) is 12.9. The summed E-state index contributed by atoms with van der Waals surface area (Å²) in [6, 6.07) is 18.2. The Bertz CT molecular complexity index is 740. The van der Waals surface area contributed by atoms with Crippen molar-refractivity contribution in [3.63, 3.8) is 0 Å². The molecule has 122 valence electrons. The molecule has 6 nitrogen and oxygen atoms in total. The van der Waals surface area contributed by atoms with Crippen molar-refractivity contribution in [1.82, 2.24) is 4.90 Å². The lowest BCUT2D eigenvalue weighted by molar-refractivity contribution is -0.129. The van der Waals surface area contributed by atoms with Crippen LogP contribution in [0.2, 0.25) is 0 Å². The van der Waals surface area contributed by atoms with Gasteiger partial charge >= 0.3 is 6.09 Å². The molecule has 1 saturated heterocycles. The fraction of sp³-hybridized carbons (Fsp3) is 0.222. The molecule has 0 radical (unpaired) electrons. The highest BCUT2D eigenvalue weighted by molar-refractivity contribution is 5.92. The third-order valence-corrected chi connectivity index (χ3v) is 4.20.